The maximum absolute atomic E-state index is 11.7. The van der Waals surface area contributed by atoms with E-state index in [0.29, 0.717) is 12.2 Å². The van der Waals surface area contributed by atoms with Crippen LogP contribution in [-0.2, 0) is 11.2 Å². The lowest BCUT2D eigenvalue weighted by molar-refractivity contribution is 0.0764. The van der Waals surface area contributed by atoms with Crippen LogP contribution in [0.4, 0.5) is 0 Å². The van der Waals surface area contributed by atoms with Crippen molar-refractivity contribution in [2.75, 3.05) is 13.2 Å². The SMILES string of the molecule is O=C(COCCc1ccccn1)c1ccccc1. The highest BCUT2D eigenvalue weighted by Gasteiger charge is 2.04. The fourth-order valence-corrected chi connectivity index (χ4v) is 1.59. The van der Waals surface area contributed by atoms with Gasteiger partial charge in [-0.3, -0.25) is 9.78 Å². The normalized spacial score (nSPS) is 10.2. The maximum atomic E-state index is 11.7. The topological polar surface area (TPSA) is 39.2 Å². The van der Waals surface area contributed by atoms with Crippen LogP contribution in [0.5, 0.6) is 0 Å². The van der Waals surface area contributed by atoms with Gasteiger partial charge in [0.15, 0.2) is 5.78 Å². The molecule has 1 aromatic carbocycles. The first-order valence-corrected chi connectivity index (χ1v) is 5.92. The van der Waals surface area contributed by atoms with Crippen molar-refractivity contribution in [2.24, 2.45) is 0 Å². The highest BCUT2D eigenvalue weighted by molar-refractivity contribution is 5.96. The summed E-state index contributed by atoms with van der Waals surface area (Å²) < 4.78 is 5.36. The number of rotatable bonds is 6. The van der Waals surface area contributed by atoms with Gasteiger partial charge in [-0.1, -0.05) is 36.4 Å². The summed E-state index contributed by atoms with van der Waals surface area (Å²) in [6.07, 6.45) is 2.48. The molecular weight excluding hydrogens is 226 g/mol. The molecule has 92 valence electrons. The van der Waals surface area contributed by atoms with Gasteiger partial charge in [-0.05, 0) is 12.1 Å². The van der Waals surface area contributed by atoms with Crippen molar-refractivity contribution in [1.82, 2.24) is 4.98 Å². The van der Waals surface area contributed by atoms with Gasteiger partial charge in [-0.2, -0.15) is 0 Å². The summed E-state index contributed by atoms with van der Waals surface area (Å²) >= 11 is 0. The number of carbonyl (C=O) groups excluding carboxylic acids is 1. The second kappa shape index (κ2) is 6.67. The molecule has 2 rings (SSSR count). The average molecular weight is 241 g/mol. The van der Waals surface area contributed by atoms with Crippen LogP contribution in [0.2, 0.25) is 0 Å². The second-order valence-electron chi connectivity index (χ2n) is 3.91. The lowest BCUT2D eigenvalue weighted by Crippen LogP contribution is -2.11. The van der Waals surface area contributed by atoms with Gasteiger partial charge in [0, 0.05) is 23.9 Å². The molecule has 0 amide bonds. The van der Waals surface area contributed by atoms with Crippen LogP contribution in [0.3, 0.4) is 0 Å². The predicted molar refractivity (Wildman–Crippen MR) is 69.5 cm³/mol. The first-order valence-electron chi connectivity index (χ1n) is 5.92. The van der Waals surface area contributed by atoms with Crippen molar-refractivity contribution in [2.45, 2.75) is 6.42 Å². The van der Waals surface area contributed by atoms with Gasteiger partial charge in [0.25, 0.3) is 0 Å². The molecule has 0 unspecified atom stereocenters. The van der Waals surface area contributed by atoms with E-state index in [-0.39, 0.29) is 12.4 Å². The third-order valence-electron chi connectivity index (χ3n) is 2.56. The fraction of sp³-hybridized carbons (Fsp3) is 0.200. The Balaban J connectivity index is 1.72. The van der Waals surface area contributed by atoms with E-state index in [4.69, 9.17) is 4.74 Å². The van der Waals surface area contributed by atoms with E-state index in [1.54, 1.807) is 18.3 Å². The Morgan fingerprint density at radius 1 is 1.06 bits per heavy atom. The molecule has 0 N–H and O–H groups in total. The molecule has 3 heteroatoms. The average Bonchev–Trinajstić information content (AvgIpc) is 2.45. The molecule has 0 spiro atoms. The lowest BCUT2D eigenvalue weighted by atomic mass is 10.1. The zero-order chi connectivity index (χ0) is 12.6. The lowest BCUT2D eigenvalue weighted by Gasteiger charge is -2.03. The largest absolute Gasteiger partial charge is 0.373 e. The number of Topliss-reactive ketones (excluding diaryl/α,β-unsaturated/α-hetero) is 1. The molecule has 18 heavy (non-hydrogen) atoms. The minimum atomic E-state index is 0.0108. The first kappa shape index (κ1) is 12.5. The summed E-state index contributed by atoms with van der Waals surface area (Å²) in [5.41, 5.74) is 1.67. The first-order chi connectivity index (χ1) is 8.86. The van der Waals surface area contributed by atoms with Crippen LogP contribution in [0.1, 0.15) is 16.1 Å². The van der Waals surface area contributed by atoms with Crippen LogP contribution >= 0.6 is 0 Å². The maximum Gasteiger partial charge on any atom is 0.188 e. The summed E-state index contributed by atoms with van der Waals surface area (Å²) in [6, 6.07) is 14.9. The van der Waals surface area contributed by atoms with Gasteiger partial charge in [-0.25, -0.2) is 0 Å². The fourth-order valence-electron chi connectivity index (χ4n) is 1.59. The number of carbonyl (C=O) groups is 1. The Labute approximate surface area is 106 Å². The van der Waals surface area contributed by atoms with E-state index in [9.17, 15) is 4.79 Å². The number of nitrogens with zero attached hydrogens (tertiary/aromatic N) is 1. The molecule has 0 radical (unpaired) electrons. The van der Waals surface area contributed by atoms with Gasteiger partial charge >= 0.3 is 0 Å². The summed E-state index contributed by atoms with van der Waals surface area (Å²) in [5, 5.41) is 0. The number of pyridine rings is 1. The highest BCUT2D eigenvalue weighted by Crippen LogP contribution is 2.01. The second-order valence-corrected chi connectivity index (χ2v) is 3.91. The number of benzene rings is 1. The Morgan fingerprint density at radius 2 is 1.83 bits per heavy atom. The molecule has 1 heterocycles. The molecule has 0 aliphatic heterocycles. The van der Waals surface area contributed by atoms with Gasteiger partial charge in [0.2, 0.25) is 0 Å². The number of ketones is 1. The summed E-state index contributed by atoms with van der Waals surface area (Å²) in [7, 11) is 0. The molecule has 0 atom stereocenters. The van der Waals surface area contributed by atoms with Gasteiger partial charge in [0.1, 0.15) is 6.61 Å². The van der Waals surface area contributed by atoms with Crippen LogP contribution in [0.15, 0.2) is 54.7 Å². The quantitative estimate of drug-likeness (QED) is 0.576. The molecule has 0 saturated heterocycles. The number of hydrogen-bond acceptors (Lipinski definition) is 3. The molecule has 2 aromatic rings. The Morgan fingerprint density at radius 3 is 2.56 bits per heavy atom. The van der Waals surface area contributed by atoms with E-state index in [1.165, 1.54) is 0 Å². The minimum Gasteiger partial charge on any atom is -0.373 e. The Kier molecular flexibility index (Phi) is 4.61. The molecule has 0 saturated carbocycles. The van der Waals surface area contributed by atoms with Crippen molar-refractivity contribution >= 4 is 5.78 Å². The van der Waals surface area contributed by atoms with Crippen LogP contribution in [-0.4, -0.2) is 24.0 Å². The third kappa shape index (κ3) is 3.79. The summed E-state index contributed by atoms with van der Waals surface area (Å²) in [4.78, 5) is 15.9. The van der Waals surface area contributed by atoms with E-state index in [2.05, 4.69) is 4.98 Å². The molecular formula is C15H15NO2. The van der Waals surface area contributed by atoms with Crippen LogP contribution in [0, 0.1) is 0 Å². The smallest absolute Gasteiger partial charge is 0.188 e. The highest BCUT2D eigenvalue weighted by atomic mass is 16.5. The van der Waals surface area contributed by atoms with Gasteiger partial charge in [0.05, 0.1) is 6.61 Å². The Bertz CT molecular complexity index is 482. The van der Waals surface area contributed by atoms with Crippen LogP contribution < -0.4 is 0 Å². The number of ether oxygens (including phenoxy) is 1. The Hall–Kier alpha value is -2.00. The van der Waals surface area contributed by atoms with Crippen molar-refractivity contribution < 1.29 is 9.53 Å². The third-order valence-corrected chi connectivity index (χ3v) is 2.56. The standard InChI is InChI=1S/C15H15NO2/c17-15(13-6-2-1-3-7-13)12-18-11-9-14-8-4-5-10-16-14/h1-8,10H,9,11-12H2. The number of aromatic nitrogens is 1. The zero-order valence-corrected chi connectivity index (χ0v) is 10.1. The van der Waals surface area contributed by atoms with Crippen molar-refractivity contribution in [1.29, 1.82) is 0 Å². The monoisotopic (exact) mass is 241 g/mol. The van der Waals surface area contributed by atoms with E-state index in [1.807, 2.05) is 36.4 Å². The van der Waals surface area contributed by atoms with Crippen molar-refractivity contribution in [3.05, 3.63) is 66.0 Å². The zero-order valence-electron chi connectivity index (χ0n) is 10.1. The molecule has 0 bridgehead atoms. The van der Waals surface area contributed by atoms with Crippen molar-refractivity contribution in [3.63, 3.8) is 0 Å². The van der Waals surface area contributed by atoms with Crippen molar-refractivity contribution in [3.8, 4) is 0 Å². The van der Waals surface area contributed by atoms with Crippen LogP contribution in [0.25, 0.3) is 0 Å². The number of hydrogen-bond donors (Lipinski definition) is 0. The summed E-state index contributed by atoms with van der Waals surface area (Å²) in [5.74, 6) is 0.0108. The van der Waals surface area contributed by atoms with E-state index >= 15 is 0 Å². The molecule has 0 aliphatic carbocycles. The van der Waals surface area contributed by atoms with Gasteiger partial charge < -0.3 is 4.74 Å². The van der Waals surface area contributed by atoms with E-state index in [0.717, 1.165) is 12.1 Å². The predicted octanol–water partition coefficient (Wildman–Crippen LogP) is 2.52. The minimum absolute atomic E-state index is 0.0108. The molecule has 0 fully saturated rings. The summed E-state index contributed by atoms with van der Waals surface area (Å²) in [6.45, 7) is 0.631. The molecule has 0 aliphatic rings. The van der Waals surface area contributed by atoms with Gasteiger partial charge in [-0.15, -0.1) is 0 Å². The molecule has 1 aromatic heterocycles. The molecule has 3 nitrogen and oxygen atoms in total. The van der Waals surface area contributed by atoms with E-state index < -0.39 is 0 Å².